The second kappa shape index (κ2) is 9.24. The van der Waals surface area contributed by atoms with Gasteiger partial charge in [0.2, 0.25) is 5.95 Å². The number of hydrogen-bond donors (Lipinski definition) is 1. The number of rotatable bonds is 2. The van der Waals surface area contributed by atoms with Crippen LogP contribution in [0.15, 0.2) is 91.3 Å². The van der Waals surface area contributed by atoms with E-state index in [4.69, 9.17) is 0 Å². The molecule has 1 aromatic heterocycles. The summed E-state index contributed by atoms with van der Waals surface area (Å²) in [5.41, 5.74) is 5.51. The number of aryl methyl sites for hydroxylation is 1. The molecule has 1 N–H and O–H groups in total. The summed E-state index contributed by atoms with van der Waals surface area (Å²) in [4.78, 5) is 8.70. The van der Waals surface area contributed by atoms with E-state index in [1.54, 1.807) is 12.4 Å². The van der Waals surface area contributed by atoms with Crippen LogP contribution in [0.2, 0.25) is 0 Å². The van der Waals surface area contributed by atoms with Gasteiger partial charge in [-0.05, 0) is 55.0 Å². The van der Waals surface area contributed by atoms with Gasteiger partial charge in [-0.3, -0.25) is 0 Å². The SMILES string of the molecule is Cc1cnc(Nc2cc(C#Cc3ccccc3)ccc2C#Cc2ccccc2)nc1. The maximum atomic E-state index is 4.35. The topological polar surface area (TPSA) is 37.8 Å². The van der Waals surface area contributed by atoms with Crippen LogP contribution < -0.4 is 5.32 Å². The van der Waals surface area contributed by atoms with E-state index in [9.17, 15) is 0 Å². The van der Waals surface area contributed by atoms with Crippen LogP contribution in [0, 0.1) is 30.6 Å². The third-order valence-corrected chi connectivity index (χ3v) is 4.29. The molecule has 3 heteroatoms. The zero-order valence-corrected chi connectivity index (χ0v) is 16.6. The molecule has 1 heterocycles. The summed E-state index contributed by atoms with van der Waals surface area (Å²) in [6.07, 6.45) is 3.56. The van der Waals surface area contributed by atoms with Gasteiger partial charge in [-0.15, -0.1) is 0 Å². The molecule has 3 nitrogen and oxygen atoms in total. The average Bonchev–Trinajstić information content (AvgIpc) is 2.80. The smallest absolute Gasteiger partial charge is 0.227 e. The van der Waals surface area contributed by atoms with Crippen molar-refractivity contribution in [2.24, 2.45) is 0 Å². The van der Waals surface area contributed by atoms with Gasteiger partial charge in [0.05, 0.1) is 5.69 Å². The van der Waals surface area contributed by atoms with Crippen LogP contribution in [0.5, 0.6) is 0 Å². The standard InChI is InChI=1S/C27H19N3/c1-21-19-28-27(29-20-21)30-26-18-24(13-12-22-8-4-2-5-9-22)15-17-25(26)16-14-23-10-6-3-7-11-23/h2-11,15,17-20H,1H3,(H,28,29,30). The van der Waals surface area contributed by atoms with E-state index in [-0.39, 0.29) is 0 Å². The van der Waals surface area contributed by atoms with Gasteiger partial charge in [0.25, 0.3) is 0 Å². The highest BCUT2D eigenvalue weighted by atomic mass is 15.1. The van der Waals surface area contributed by atoms with Gasteiger partial charge in [0.1, 0.15) is 0 Å². The lowest BCUT2D eigenvalue weighted by Gasteiger charge is -2.08. The largest absolute Gasteiger partial charge is 0.323 e. The number of hydrogen-bond acceptors (Lipinski definition) is 3. The van der Waals surface area contributed by atoms with Gasteiger partial charge >= 0.3 is 0 Å². The number of aromatic nitrogens is 2. The molecular formula is C27H19N3. The number of nitrogens with zero attached hydrogens (tertiary/aromatic N) is 2. The van der Waals surface area contributed by atoms with E-state index in [1.807, 2.05) is 85.8 Å². The molecule has 142 valence electrons. The third kappa shape index (κ3) is 5.13. The highest BCUT2D eigenvalue weighted by molar-refractivity contribution is 5.67. The van der Waals surface area contributed by atoms with Gasteiger partial charge < -0.3 is 5.32 Å². The van der Waals surface area contributed by atoms with Crippen molar-refractivity contribution in [3.8, 4) is 23.7 Å². The van der Waals surface area contributed by atoms with Gasteiger partial charge in [0, 0.05) is 34.6 Å². The first-order valence-corrected chi connectivity index (χ1v) is 9.60. The maximum absolute atomic E-state index is 4.35. The molecule has 0 bridgehead atoms. The molecule has 0 unspecified atom stereocenters. The van der Waals surface area contributed by atoms with Crippen molar-refractivity contribution in [3.63, 3.8) is 0 Å². The second-order valence-corrected chi connectivity index (χ2v) is 6.70. The summed E-state index contributed by atoms with van der Waals surface area (Å²) in [6.45, 7) is 1.96. The van der Waals surface area contributed by atoms with Gasteiger partial charge in [-0.2, -0.15) is 0 Å². The molecule has 0 saturated carbocycles. The van der Waals surface area contributed by atoms with Crippen LogP contribution in [-0.2, 0) is 0 Å². The van der Waals surface area contributed by atoms with Gasteiger partial charge in [-0.1, -0.05) is 60.1 Å². The van der Waals surface area contributed by atoms with E-state index in [0.29, 0.717) is 5.95 Å². The Labute approximate surface area is 176 Å². The number of nitrogens with one attached hydrogen (secondary N) is 1. The highest BCUT2D eigenvalue weighted by Crippen LogP contribution is 2.20. The molecule has 0 atom stereocenters. The summed E-state index contributed by atoms with van der Waals surface area (Å²) in [5, 5.41) is 3.28. The van der Waals surface area contributed by atoms with E-state index >= 15 is 0 Å². The maximum Gasteiger partial charge on any atom is 0.227 e. The summed E-state index contributed by atoms with van der Waals surface area (Å²) in [7, 11) is 0. The molecule has 0 fully saturated rings. The summed E-state index contributed by atoms with van der Waals surface area (Å²) in [6, 6.07) is 25.8. The van der Waals surface area contributed by atoms with Crippen LogP contribution in [0.25, 0.3) is 0 Å². The van der Waals surface area contributed by atoms with E-state index in [0.717, 1.165) is 33.5 Å². The normalized spacial score (nSPS) is 9.63. The molecule has 30 heavy (non-hydrogen) atoms. The molecule has 4 rings (SSSR count). The van der Waals surface area contributed by atoms with Crippen molar-refractivity contribution in [3.05, 3.63) is 119 Å². The van der Waals surface area contributed by atoms with Crippen LogP contribution in [0.3, 0.4) is 0 Å². The lowest BCUT2D eigenvalue weighted by molar-refractivity contribution is 1.13. The molecule has 3 aromatic carbocycles. The second-order valence-electron chi connectivity index (χ2n) is 6.70. The predicted molar refractivity (Wildman–Crippen MR) is 121 cm³/mol. The fourth-order valence-corrected chi connectivity index (χ4v) is 2.74. The summed E-state index contributed by atoms with van der Waals surface area (Å²) >= 11 is 0. The first-order valence-electron chi connectivity index (χ1n) is 9.60. The molecule has 4 aromatic rings. The fourth-order valence-electron chi connectivity index (χ4n) is 2.74. The summed E-state index contributed by atoms with van der Waals surface area (Å²) < 4.78 is 0. The van der Waals surface area contributed by atoms with Crippen molar-refractivity contribution >= 4 is 11.6 Å². The molecule has 0 spiro atoms. The van der Waals surface area contributed by atoms with Crippen LogP contribution in [0.4, 0.5) is 11.6 Å². The molecular weight excluding hydrogens is 366 g/mol. The summed E-state index contributed by atoms with van der Waals surface area (Å²) in [5.74, 6) is 13.4. The molecule has 0 radical (unpaired) electrons. The predicted octanol–water partition coefficient (Wildman–Crippen LogP) is 5.33. The Balaban J connectivity index is 1.69. The molecule has 0 aliphatic rings. The zero-order chi connectivity index (χ0) is 20.6. The minimum atomic E-state index is 0.525. The Morgan fingerprint density at radius 2 is 1.20 bits per heavy atom. The van der Waals surface area contributed by atoms with Crippen LogP contribution >= 0.6 is 0 Å². The average molecular weight is 385 g/mol. The third-order valence-electron chi connectivity index (χ3n) is 4.29. The zero-order valence-electron chi connectivity index (χ0n) is 16.6. The van der Waals surface area contributed by atoms with E-state index in [2.05, 4.69) is 39.0 Å². The molecule has 0 saturated heterocycles. The Morgan fingerprint density at radius 1 is 0.633 bits per heavy atom. The fraction of sp³-hybridized carbons (Fsp3) is 0.0370. The Bertz CT molecular complexity index is 1250. The molecule has 0 aliphatic heterocycles. The van der Waals surface area contributed by atoms with E-state index in [1.165, 1.54) is 0 Å². The van der Waals surface area contributed by atoms with Gasteiger partial charge in [0.15, 0.2) is 0 Å². The lowest BCUT2D eigenvalue weighted by Crippen LogP contribution is -1.99. The molecule has 0 amide bonds. The van der Waals surface area contributed by atoms with Crippen molar-refractivity contribution in [1.82, 2.24) is 9.97 Å². The quantitative estimate of drug-likeness (QED) is 0.474. The first-order chi connectivity index (χ1) is 14.8. The minimum Gasteiger partial charge on any atom is -0.323 e. The number of benzene rings is 3. The lowest BCUT2D eigenvalue weighted by atomic mass is 10.1. The first kappa shape index (κ1) is 19.0. The Morgan fingerprint density at radius 3 is 1.83 bits per heavy atom. The van der Waals surface area contributed by atoms with Crippen LogP contribution in [-0.4, -0.2) is 9.97 Å². The Hall–Kier alpha value is -4.34. The van der Waals surface area contributed by atoms with Crippen molar-refractivity contribution in [2.45, 2.75) is 6.92 Å². The monoisotopic (exact) mass is 385 g/mol. The van der Waals surface area contributed by atoms with Gasteiger partial charge in [-0.25, -0.2) is 9.97 Å². The highest BCUT2D eigenvalue weighted by Gasteiger charge is 2.04. The van der Waals surface area contributed by atoms with Crippen molar-refractivity contribution in [2.75, 3.05) is 5.32 Å². The number of anilines is 2. The van der Waals surface area contributed by atoms with Crippen molar-refractivity contribution in [1.29, 1.82) is 0 Å². The van der Waals surface area contributed by atoms with E-state index < -0.39 is 0 Å². The Kier molecular flexibility index (Phi) is 5.85. The minimum absolute atomic E-state index is 0.525. The van der Waals surface area contributed by atoms with Crippen LogP contribution in [0.1, 0.15) is 27.8 Å². The van der Waals surface area contributed by atoms with Crippen molar-refractivity contribution < 1.29 is 0 Å². The molecule has 0 aliphatic carbocycles.